The third-order valence-electron chi connectivity index (χ3n) is 9.77. The number of hydrogen-bond donors (Lipinski definition) is 1. The van der Waals surface area contributed by atoms with E-state index in [1.807, 2.05) is 36.7 Å². The molecule has 0 spiro atoms. The first-order valence-electron chi connectivity index (χ1n) is 17.9. The van der Waals surface area contributed by atoms with Gasteiger partial charge in [0, 0.05) is 69.3 Å². The Labute approximate surface area is 299 Å². The maximum Gasteiger partial charge on any atom is 0.323 e. The molecule has 2 fully saturated rings. The number of carbonyl (C=O) groups is 1. The Morgan fingerprint density at radius 3 is 2.06 bits per heavy atom. The number of nitrogens with one attached hydrogen (secondary N) is 1. The lowest BCUT2D eigenvalue weighted by Gasteiger charge is -2.28. The molecule has 0 radical (unpaired) electrons. The second-order valence-electron chi connectivity index (χ2n) is 13.1. The number of carbonyl (C=O) groups excluding carboxylic acids is 1. The molecule has 3 aliphatic heterocycles. The number of nitrogens with zero attached hydrogens (tertiary/aromatic N) is 8. The first-order valence-corrected chi connectivity index (χ1v) is 17.9. The smallest absolute Gasteiger partial charge is 0.323 e. The van der Waals surface area contributed by atoms with Crippen LogP contribution in [0.2, 0.25) is 0 Å². The molecule has 0 aliphatic carbocycles. The lowest BCUT2D eigenvalue weighted by molar-refractivity contribution is 0.122. The van der Waals surface area contributed by atoms with Gasteiger partial charge in [0.1, 0.15) is 17.3 Å². The van der Waals surface area contributed by atoms with Gasteiger partial charge in [-0.2, -0.15) is 4.98 Å². The van der Waals surface area contributed by atoms with Crippen molar-refractivity contribution in [2.24, 2.45) is 0 Å². The molecule has 268 valence electrons. The molecule has 13 heteroatoms. The molecule has 4 aromatic rings. The predicted octanol–water partition coefficient (Wildman–Crippen LogP) is 4.55. The number of likely N-dealkylation sites (tertiary alicyclic amines) is 1. The number of urea groups is 1. The summed E-state index contributed by atoms with van der Waals surface area (Å²) in [6.45, 7) is 7.98. The molecular formula is C38H47N9O4. The Bertz CT molecular complexity index is 1690. The highest BCUT2D eigenvalue weighted by Gasteiger charge is 2.32. The SMILES string of the molecule is COc1ccc(CN(Cc2ccc(OC)cc2)c2ncc(-c3nc(N4CCOCC4)nc4c3CCN4C(=O)NCCN3CCCCC3)cn2)cc1. The predicted molar refractivity (Wildman–Crippen MR) is 197 cm³/mol. The Kier molecular flexibility index (Phi) is 11.0. The second kappa shape index (κ2) is 16.3. The normalized spacial score (nSPS) is 16.1. The summed E-state index contributed by atoms with van der Waals surface area (Å²) < 4.78 is 16.4. The molecule has 51 heavy (non-hydrogen) atoms. The molecule has 0 unspecified atom stereocenters. The molecule has 2 amide bonds. The minimum Gasteiger partial charge on any atom is -0.497 e. The Hall–Kier alpha value is -5.01. The van der Waals surface area contributed by atoms with Crippen molar-refractivity contribution in [2.75, 3.05) is 87.9 Å². The van der Waals surface area contributed by atoms with Crippen LogP contribution in [-0.2, 0) is 24.2 Å². The Morgan fingerprint density at radius 1 is 0.824 bits per heavy atom. The van der Waals surface area contributed by atoms with E-state index in [0.717, 1.165) is 59.1 Å². The van der Waals surface area contributed by atoms with Crippen molar-refractivity contribution >= 4 is 23.7 Å². The number of anilines is 3. The van der Waals surface area contributed by atoms with Crippen LogP contribution in [0.25, 0.3) is 11.3 Å². The fraction of sp³-hybridized carbons (Fsp3) is 0.447. The molecular weight excluding hydrogens is 646 g/mol. The zero-order valence-corrected chi connectivity index (χ0v) is 29.6. The number of hydrogen-bond acceptors (Lipinski definition) is 11. The summed E-state index contributed by atoms with van der Waals surface area (Å²) in [7, 11) is 3.34. The summed E-state index contributed by atoms with van der Waals surface area (Å²) in [6.07, 6.45) is 8.07. The van der Waals surface area contributed by atoms with Gasteiger partial charge in [-0.1, -0.05) is 30.7 Å². The Morgan fingerprint density at radius 2 is 1.45 bits per heavy atom. The average molecular weight is 694 g/mol. The number of morpholine rings is 1. The number of fused-ring (bicyclic) bond motifs is 1. The molecule has 7 rings (SSSR count). The fourth-order valence-corrected chi connectivity index (χ4v) is 6.89. The van der Waals surface area contributed by atoms with Gasteiger partial charge in [0.05, 0.1) is 33.1 Å². The van der Waals surface area contributed by atoms with Crippen molar-refractivity contribution in [3.05, 3.63) is 77.6 Å². The summed E-state index contributed by atoms with van der Waals surface area (Å²) in [6, 6.07) is 16.0. The van der Waals surface area contributed by atoms with Crippen molar-refractivity contribution in [1.82, 2.24) is 30.2 Å². The highest BCUT2D eigenvalue weighted by molar-refractivity contribution is 5.94. The van der Waals surface area contributed by atoms with E-state index in [1.165, 1.54) is 19.3 Å². The van der Waals surface area contributed by atoms with Crippen LogP contribution < -0.4 is 29.5 Å². The largest absolute Gasteiger partial charge is 0.497 e. The van der Waals surface area contributed by atoms with Crippen molar-refractivity contribution < 1.29 is 19.0 Å². The van der Waals surface area contributed by atoms with Crippen LogP contribution in [0.3, 0.4) is 0 Å². The van der Waals surface area contributed by atoms with Crippen LogP contribution in [-0.4, -0.2) is 104 Å². The van der Waals surface area contributed by atoms with Gasteiger partial charge >= 0.3 is 6.03 Å². The number of methoxy groups -OCH3 is 2. The molecule has 2 aromatic carbocycles. The third kappa shape index (κ3) is 8.32. The van der Waals surface area contributed by atoms with Crippen molar-refractivity contribution in [2.45, 2.75) is 38.8 Å². The highest BCUT2D eigenvalue weighted by atomic mass is 16.5. The summed E-state index contributed by atoms with van der Waals surface area (Å²) in [5.41, 5.74) is 4.69. The third-order valence-corrected chi connectivity index (χ3v) is 9.77. The van der Waals surface area contributed by atoms with Gasteiger partial charge in [-0.05, 0) is 67.7 Å². The van der Waals surface area contributed by atoms with E-state index in [9.17, 15) is 4.79 Å². The van der Waals surface area contributed by atoms with Crippen LogP contribution in [0.4, 0.5) is 22.5 Å². The molecule has 3 aliphatic rings. The van der Waals surface area contributed by atoms with E-state index < -0.39 is 0 Å². The molecule has 0 saturated carbocycles. The first-order chi connectivity index (χ1) is 25.1. The van der Waals surface area contributed by atoms with Gasteiger partial charge in [-0.25, -0.2) is 19.7 Å². The van der Waals surface area contributed by atoms with Gasteiger partial charge < -0.3 is 34.2 Å². The summed E-state index contributed by atoms with van der Waals surface area (Å²) >= 11 is 0. The van der Waals surface area contributed by atoms with E-state index in [0.29, 0.717) is 76.6 Å². The van der Waals surface area contributed by atoms with Gasteiger partial charge in [-0.15, -0.1) is 0 Å². The van der Waals surface area contributed by atoms with E-state index in [2.05, 4.69) is 44.3 Å². The molecule has 2 aromatic heterocycles. The minimum atomic E-state index is -0.123. The lowest BCUT2D eigenvalue weighted by Crippen LogP contribution is -2.44. The van der Waals surface area contributed by atoms with Crippen molar-refractivity contribution in [1.29, 1.82) is 0 Å². The molecule has 5 heterocycles. The van der Waals surface area contributed by atoms with E-state index in [-0.39, 0.29) is 6.03 Å². The van der Waals surface area contributed by atoms with Gasteiger partial charge in [0.25, 0.3) is 0 Å². The number of amides is 2. The zero-order chi connectivity index (χ0) is 35.0. The Balaban J connectivity index is 1.15. The van der Waals surface area contributed by atoms with Crippen LogP contribution in [0.1, 0.15) is 36.0 Å². The average Bonchev–Trinajstić information content (AvgIpc) is 3.63. The first kappa shape index (κ1) is 34.4. The number of ether oxygens (including phenoxy) is 3. The maximum absolute atomic E-state index is 13.5. The zero-order valence-electron chi connectivity index (χ0n) is 29.6. The summed E-state index contributed by atoms with van der Waals surface area (Å²) in [5.74, 6) is 3.46. The number of rotatable bonds is 12. The van der Waals surface area contributed by atoms with Crippen LogP contribution >= 0.6 is 0 Å². The van der Waals surface area contributed by atoms with Gasteiger partial charge in [0.2, 0.25) is 11.9 Å². The van der Waals surface area contributed by atoms with E-state index in [4.69, 9.17) is 34.1 Å². The van der Waals surface area contributed by atoms with Crippen molar-refractivity contribution in [3.63, 3.8) is 0 Å². The lowest BCUT2D eigenvalue weighted by atomic mass is 10.1. The number of piperidine rings is 1. The topological polar surface area (TPSA) is 121 Å². The molecule has 1 N–H and O–H groups in total. The maximum atomic E-state index is 13.5. The monoisotopic (exact) mass is 693 g/mol. The number of aromatic nitrogens is 4. The van der Waals surface area contributed by atoms with E-state index >= 15 is 0 Å². The van der Waals surface area contributed by atoms with Crippen molar-refractivity contribution in [3.8, 4) is 22.8 Å². The van der Waals surface area contributed by atoms with Crippen LogP contribution in [0, 0.1) is 0 Å². The summed E-state index contributed by atoms with van der Waals surface area (Å²) in [4.78, 5) is 41.8. The quantitative estimate of drug-likeness (QED) is 0.225. The van der Waals surface area contributed by atoms with E-state index in [1.54, 1.807) is 19.1 Å². The molecule has 13 nitrogen and oxygen atoms in total. The van der Waals surface area contributed by atoms with Crippen LogP contribution in [0.15, 0.2) is 60.9 Å². The molecule has 0 bridgehead atoms. The standard InChI is InChI=1S/C38H47N9O4/c1-49-31-10-6-28(7-11-31)26-46(27-29-8-12-32(50-2)13-9-29)36-40-24-30(25-41-36)34-33-14-18-47(38(48)39-15-19-44-16-4-3-5-17-44)35(33)43-37(42-34)45-20-22-51-23-21-45/h6-13,24-25H,3-5,14-23,26-27H2,1-2H3,(H,39,48). The molecule has 2 saturated heterocycles. The van der Waals surface area contributed by atoms with Gasteiger partial charge in [-0.3, -0.25) is 4.90 Å². The molecule has 0 atom stereocenters. The number of benzene rings is 2. The second-order valence-corrected chi connectivity index (χ2v) is 13.1. The highest BCUT2D eigenvalue weighted by Crippen LogP contribution is 2.36. The minimum absolute atomic E-state index is 0.123. The summed E-state index contributed by atoms with van der Waals surface area (Å²) in [5, 5.41) is 3.15. The van der Waals surface area contributed by atoms with Gasteiger partial charge in [0.15, 0.2) is 0 Å². The van der Waals surface area contributed by atoms with Crippen LogP contribution in [0.5, 0.6) is 11.5 Å². The fourth-order valence-electron chi connectivity index (χ4n) is 6.89.